The van der Waals surface area contributed by atoms with E-state index in [1.807, 2.05) is 18.2 Å². The van der Waals surface area contributed by atoms with Crippen molar-refractivity contribution in [2.24, 2.45) is 0 Å². The summed E-state index contributed by atoms with van der Waals surface area (Å²) in [7, 11) is -9.87. The first-order valence-corrected chi connectivity index (χ1v) is 11.4. The quantitative estimate of drug-likeness (QED) is 0.317. The maximum atomic E-state index is 13.1. The summed E-state index contributed by atoms with van der Waals surface area (Å²) in [5.74, 6) is -0.680. The van der Waals surface area contributed by atoms with E-state index in [1.165, 1.54) is 18.7 Å². The Morgan fingerprint density at radius 3 is 2.16 bits per heavy atom. The van der Waals surface area contributed by atoms with E-state index in [0.717, 1.165) is 10.9 Å². The second kappa shape index (κ2) is 6.18. The van der Waals surface area contributed by atoms with Gasteiger partial charge in [0.15, 0.2) is 0 Å². The number of hydrogen-bond acceptors (Lipinski definition) is 3. The Labute approximate surface area is 180 Å². The zero-order chi connectivity index (χ0) is 23.6. The first-order chi connectivity index (χ1) is 14.6. The predicted octanol–water partition coefficient (Wildman–Crippen LogP) is 6.64. The second-order valence-electron chi connectivity index (χ2n) is 8.02. The number of halogens is 5. The van der Waals surface area contributed by atoms with Gasteiger partial charge in [0.1, 0.15) is 10.4 Å². The number of carbonyl (C=O) groups is 2. The highest BCUT2D eigenvalue weighted by molar-refractivity contribution is 8.45. The van der Waals surface area contributed by atoms with Crippen molar-refractivity contribution in [3.05, 3.63) is 66.4 Å². The number of carbonyl (C=O) groups excluding carboxylic acids is 2. The van der Waals surface area contributed by atoms with Crippen LogP contribution in [0, 0.1) is 0 Å². The van der Waals surface area contributed by atoms with Crippen LogP contribution in [0.1, 0.15) is 19.4 Å². The Balaban J connectivity index is 1.70. The molecule has 0 radical (unpaired) electrons. The molecule has 4 rings (SSSR count). The van der Waals surface area contributed by atoms with E-state index >= 15 is 0 Å². The van der Waals surface area contributed by atoms with Crippen molar-refractivity contribution in [3.63, 3.8) is 0 Å². The average molecular weight is 471 g/mol. The number of aromatic nitrogens is 1. The second-order valence-corrected chi connectivity index (χ2v) is 10.4. The van der Waals surface area contributed by atoms with Crippen LogP contribution < -0.4 is 4.90 Å². The molecule has 1 saturated heterocycles. The van der Waals surface area contributed by atoms with Crippen molar-refractivity contribution in [3.8, 4) is 0 Å². The summed E-state index contributed by atoms with van der Waals surface area (Å²) in [5, 5.41) is 0.782. The van der Waals surface area contributed by atoms with E-state index in [9.17, 15) is 29.0 Å². The van der Waals surface area contributed by atoms with Gasteiger partial charge < -0.3 is 4.90 Å². The van der Waals surface area contributed by atoms with Gasteiger partial charge in [0.05, 0.1) is 11.2 Å². The smallest absolute Gasteiger partial charge is 0.305 e. The highest BCUT2D eigenvalue weighted by Gasteiger charge is 2.65. The summed E-state index contributed by atoms with van der Waals surface area (Å²) in [5.41, 5.74) is -0.117. The number of rotatable bonds is 4. The normalized spacial score (nSPS) is 18.7. The highest BCUT2D eigenvalue weighted by Crippen LogP contribution is 3.02. The molecule has 1 aromatic heterocycles. The molecule has 1 aliphatic heterocycles. The minimum atomic E-state index is -9.87. The number of fused-ring (bicyclic) bond motifs is 1. The molecule has 0 aliphatic carbocycles. The van der Waals surface area contributed by atoms with E-state index in [-0.39, 0.29) is 24.4 Å². The Bertz CT molecular complexity index is 1260. The van der Waals surface area contributed by atoms with Crippen LogP contribution in [0.3, 0.4) is 0 Å². The monoisotopic (exact) mass is 471 g/mol. The fraction of sp³-hybridized carbons (Fsp3) is 0.190. The van der Waals surface area contributed by atoms with Gasteiger partial charge in [0, 0.05) is 18.1 Å². The highest BCUT2D eigenvalue weighted by atomic mass is 32.5. The largest absolute Gasteiger partial charge is 0.332 e. The van der Waals surface area contributed by atoms with E-state index in [2.05, 4.69) is 4.98 Å². The molecule has 1 fully saturated rings. The number of urea groups is 1. The van der Waals surface area contributed by atoms with Crippen molar-refractivity contribution >= 4 is 38.8 Å². The molecule has 2 aromatic carbocycles. The fourth-order valence-electron chi connectivity index (χ4n) is 3.64. The van der Waals surface area contributed by atoms with Crippen LogP contribution >= 0.6 is 10.2 Å². The van der Waals surface area contributed by atoms with Crippen molar-refractivity contribution in [2.45, 2.75) is 30.8 Å². The molecule has 32 heavy (non-hydrogen) atoms. The molecule has 0 N–H and O–H groups in total. The molecular formula is C21H18F5N3O2S. The Hall–Kier alpha value is -3.21. The summed E-state index contributed by atoms with van der Waals surface area (Å²) in [6.07, 6.45) is 1.57. The van der Waals surface area contributed by atoms with Crippen LogP contribution in [-0.4, -0.2) is 27.4 Å². The average Bonchev–Trinajstić information content (AvgIpc) is 2.86. The Morgan fingerprint density at radius 2 is 1.53 bits per heavy atom. The first-order valence-electron chi connectivity index (χ1n) is 9.42. The summed E-state index contributed by atoms with van der Waals surface area (Å²) in [6, 6.07) is 9.95. The summed E-state index contributed by atoms with van der Waals surface area (Å²) >= 11 is 0. The molecule has 2 heterocycles. The molecule has 0 unspecified atom stereocenters. The maximum absolute atomic E-state index is 13.1. The van der Waals surface area contributed by atoms with Gasteiger partial charge in [-0.3, -0.25) is 9.78 Å². The van der Waals surface area contributed by atoms with Gasteiger partial charge in [0.2, 0.25) is 0 Å². The molecule has 0 atom stereocenters. The zero-order valence-electron chi connectivity index (χ0n) is 16.9. The van der Waals surface area contributed by atoms with Crippen LogP contribution in [0.25, 0.3) is 10.9 Å². The summed E-state index contributed by atoms with van der Waals surface area (Å²) < 4.78 is 65.0. The SMILES string of the molecule is CC1(C)C(=O)N(c2ccc(S(F)(F)(F)(F)F)cc2)C(=O)N1Cc1ccnc2ccccc12. The van der Waals surface area contributed by atoms with Gasteiger partial charge in [-0.25, -0.2) is 9.69 Å². The number of pyridine rings is 1. The fourth-order valence-corrected chi connectivity index (χ4v) is 4.29. The number of anilines is 1. The van der Waals surface area contributed by atoms with Gasteiger partial charge >= 0.3 is 16.3 Å². The third kappa shape index (κ3) is 3.66. The third-order valence-electron chi connectivity index (χ3n) is 5.43. The van der Waals surface area contributed by atoms with Crippen molar-refractivity contribution < 1.29 is 29.0 Å². The van der Waals surface area contributed by atoms with Gasteiger partial charge in [-0.15, -0.1) is 0 Å². The van der Waals surface area contributed by atoms with E-state index in [4.69, 9.17) is 0 Å². The van der Waals surface area contributed by atoms with Crippen LogP contribution in [0.5, 0.6) is 0 Å². The molecule has 0 spiro atoms. The number of nitrogens with zero attached hydrogens (tertiary/aromatic N) is 3. The minimum absolute atomic E-state index is 0.0423. The predicted molar refractivity (Wildman–Crippen MR) is 112 cm³/mol. The molecule has 0 bridgehead atoms. The van der Waals surface area contributed by atoms with Crippen molar-refractivity contribution in [2.75, 3.05) is 4.90 Å². The van der Waals surface area contributed by atoms with E-state index < -0.39 is 32.6 Å². The number of imide groups is 1. The first kappa shape index (κ1) is 22.0. The number of benzene rings is 2. The van der Waals surface area contributed by atoms with Crippen molar-refractivity contribution in [1.82, 2.24) is 9.88 Å². The lowest BCUT2D eigenvalue weighted by molar-refractivity contribution is -0.123. The molecule has 11 heteroatoms. The molecule has 0 saturated carbocycles. The molecule has 3 amide bonds. The van der Waals surface area contributed by atoms with Crippen LogP contribution in [0.2, 0.25) is 0 Å². The van der Waals surface area contributed by atoms with Gasteiger partial charge in [-0.05, 0) is 55.8 Å². The minimum Gasteiger partial charge on any atom is -0.305 e. The summed E-state index contributed by atoms with van der Waals surface area (Å²) in [4.78, 5) is 30.3. The number of hydrogen-bond donors (Lipinski definition) is 0. The maximum Gasteiger partial charge on any atom is 0.332 e. The molecular weight excluding hydrogens is 453 g/mol. The number of amides is 3. The Morgan fingerprint density at radius 1 is 0.906 bits per heavy atom. The van der Waals surface area contributed by atoms with Gasteiger partial charge in [-0.2, -0.15) is 0 Å². The van der Waals surface area contributed by atoms with Crippen LogP contribution in [0.15, 0.2) is 65.7 Å². The van der Waals surface area contributed by atoms with E-state index in [0.29, 0.717) is 22.5 Å². The van der Waals surface area contributed by atoms with Gasteiger partial charge in [-0.1, -0.05) is 37.6 Å². The number of para-hydroxylation sites is 1. The zero-order valence-corrected chi connectivity index (χ0v) is 17.8. The van der Waals surface area contributed by atoms with E-state index in [1.54, 1.807) is 18.3 Å². The standard InChI is InChI=1S/C21H18F5N3O2S/c1-21(2)19(30)29(15-7-9-16(10-8-15)32(22,23,24,25)26)20(31)28(21)13-14-11-12-27-18-6-4-3-5-17(14)18/h3-12H,13H2,1-2H3. The molecule has 5 nitrogen and oxygen atoms in total. The van der Waals surface area contributed by atoms with Crippen LogP contribution in [0.4, 0.5) is 29.9 Å². The van der Waals surface area contributed by atoms with Gasteiger partial charge in [0.25, 0.3) is 5.91 Å². The third-order valence-corrected chi connectivity index (χ3v) is 6.59. The summed E-state index contributed by atoms with van der Waals surface area (Å²) in [6.45, 7) is 3.07. The lowest BCUT2D eigenvalue weighted by Gasteiger charge is -2.40. The topological polar surface area (TPSA) is 53.5 Å². The molecule has 3 aromatic rings. The molecule has 170 valence electrons. The Kier molecular flexibility index (Phi) is 4.25. The lowest BCUT2D eigenvalue weighted by Crippen LogP contribution is -2.43. The van der Waals surface area contributed by atoms with Crippen LogP contribution in [-0.2, 0) is 11.3 Å². The molecule has 1 aliphatic rings. The lowest BCUT2D eigenvalue weighted by atomic mass is 10.0. The van der Waals surface area contributed by atoms with Crippen molar-refractivity contribution in [1.29, 1.82) is 0 Å².